The molecule has 0 rings (SSSR count). The van der Waals surface area contributed by atoms with E-state index in [1.165, 1.54) is 0 Å². The smallest absolute Gasteiger partial charge is 0.870 e. The molecule has 0 fully saturated rings. The molecule has 0 aromatic rings. The van der Waals surface area contributed by atoms with Crippen LogP contribution in [0.1, 0.15) is 0 Å². The summed E-state index contributed by atoms with van der Waals surface area (Å²) in [6, 6.07) is 0. The molecule has 0 bridgehead atoms. The molecule has 0 aromatic heterocycles. The van der Waals surface area contributed by atoms with Crippen LogP contribution in [-0.2, 0) is 9.13 Å². The third kappa shape index (κ3) is 786. The van der Waals surface area contributed by atoms with E-state index in [9.17, 15) is 0 Å². The van der Waals surface area contributed by atoms with Crippen molar-refractivity contribution in [1.82, 2.24) is 0 Å². The fourth-order valence-corrected chi connectivity index (χ4v) is 0. The molecular weight excluding hydrogens is 261 g/mol. The van der Waals surface area contributed by atoms with Gasteiger partial charge in [-0.2, -0.15) is 0 Å². The van der Waals surface area contributed by atoms with Crippen molar-refractivity contribution in [1.29, 1.82) is 0 Å². The molecule has 0 spiro atoms. The average Bonchev–Trinajstić information content (AvgIpc) is 1.25. The summed E-state index contributed by atoms with van der Waals surface area (Å²) in [6.07, 6.45) is 0. The molecule has 0 heterocycles. The number of hydrogen-bond donors (Lipinski definition) is 4. The second kappa shape index (κ2) is 22.5. The molecule has 11 heavy (non-hydrogen) atoms. The molecular formula is H6BrLiO7P2+2. The van der Waals surface area contributed by atoms with Crippen LogP contribution in [0.2, 0.25) is 0 Å². The Kier molecular flexibility index (Phi) is 60.4. The van der Waals surface area contributed by atoms with Crippen molar-refractivity contribution in [3.63, 3.8) is 0 Å². The second-order valence-electron chi connectivity index (χ2n) is 0.505. The molecule has 11 heteroatoms. The molecule has 0 aliphatic heterocycles. The third-order valence-corrected chi connectivity index (χ3v) is 0. The molecule has 0 saturated carbocycles. The molecule has 0 radical (unpaired) electrons. The van der Waals surface area contributed by atoms with E-state index in [2.05, 4.69) is 0 Å². The van der Waals surface area contributed by atoms with Crippen LogP contribution < -0.4 is 18.9 Å². The Balaban J connectivity index is -0.0000000171. The summed E-state index contributed by atoms with van der Waals surface area (Å²) in [5, 5.41) is 0. The third-order valence-electron chi connectivity index (χ3n) is 0. The van der Waals surface area contributed by atoms with Gasteiger partial charge in [-0.25, -0.2) is 0 Å². The monoisotopic (exact) mass is 266 g/mol. The van der Waals surface area contributed by atoms with Gasteiger partial charge in [-0.15, -0.1) is 36.6 Å². The van der Waals surface area contributed by atoms with Crippen molar-refractivity contribution in [3.8, 4) is 0 Å². The van der Waals surface area contributed by atoms with Crippen LogP contribution in [0.4, 0.5) is 0 Å². The van der Waals surface area contributed by atoms with Crippen molar-refractivity contribution in [2.45, 2.75) is 0 Å². The van der Waals surface area contributed by atoms with Crippen molar-refractivity contribution < 1.29 is 53.0 Å². The van der Waals surface area contributed by atoms with Gasteiger partial charge < -0.3 is 5.48 Å². The number of halogens is 1. The van der Waals surface area contributed by atoms with Gasteiger partial charge in [-0.05, 0) is 0 Å². The quantitative estimate of drug-likeness (QED) is 0.265. The zero-order chi connectivity index (χ0) is 7.15. The summed E-state index contributed by atoms with van der Waals surface area (Å²) in [5.74, 6) is 0. The second-order valence-corrected chi connectivity index (χ2v) is 1.52. The van der Waals surface area contributed by atoms with Crippen molar-refractivity contribution in [2.24, 2.45) is 0 Å². The molecule has 64 valence electrons. The van der Waals surface area contributed by atoms with Gasteiger partial charge in [-0.3, -0.25) is 0 Å². The van der Waals surface area contributed by atoms with E-state index in [1.807, 2.05) is 0 Å². The van der Waals surface area contributed by atoms with Gasteiger partial charge in [0.15, 0.2) is 0 Å². The van der Waals surface area contributed by atoms with Gasteiger partial charge in [-0.1, -0.05) is 0 Å². The maximum absolute atomic E-state index is 8.70. The van der Waals surface area contributed by atoms with Crippen molar-refractivity contribution in [2.75, 3.05) is 0 Å². The minimum absolute atomic E-state index is 0. The van der Waals surface area contributed by atoms with Crippen LogP contribution in [0.15, 0.2) is 0 Å². The topological polar surface area (TPSA) is 145 Å². The van der Waals surface area contributed by atoms with Gasteiger partial charge in [0, 0.05) is 9.13 Å². The Bertz CT molecular complexity index is 74.4. The first-order chi connectivity index (χ1) is 3.46. The summed E-state index contributed by atoms with van der Waals surface area (Å²) in [4.78, 5) is 28.5. The van der Waals surface area contributed by atoms with Crippen LogP contribution in [-0.4, -0.2) is 25.0 Å². The first-order valence-electron chi connectivity index (χ1n) is 1.17. The largest absolute Gasteiger partial charge is 1.00 e. The summed E-state index contributed by atoms with van der Waals surface area (Å²) in [5.41, 5.74) is 0. The number of hydrogen-bond acceptors (Lipinski definition) is 3. The van der Waals surface area contributed by atoms with Gasteiger partial charge >= 0.3 is 35.4 Å². The Morgan fingerprint density at radius 1 is 0.818 bits per heavy atom. The Labute approximate surface area is 86.6 Å². The summed E-state index contributed by atoms with van der Waals surface area (Å²) in [7, 11) is -5.74. The fourth-order valence-electron chi connectivity index (χ4n) is 0. The van der Waals surface area contributed by atoms with Crippen molar-refractivity contribution >= 4 is 33.5 Å². The molecule has 0 aliphatic rings. The van der Waals surface area contributed by atoms with E-state index in [0.717, 1.165) is 0 Å². The molecule has 0 aromatic carbocycles. The first-order valence-corrected chi connectivity index (χ1v) is 3.50. The van der Waals surface area contributed by atoms with Crippen molar-refractivity contribution in [3.05, 3.63) is 0 Å². The van der Waals surface area contributed by atoms with E-state index >= 15 is 0 Å². The fraction of sp³-hybridized carbons (Fsp3) is 0. The summed E-state index contributed by atoms with van der Waals surface area (Å²) < 4.78 is 17.4. The normalized spacial score (nSPS) is 4.73. The van der Waals surface area contributed by atoms with Gasteiger partial charge in [0.05, 0.1) is 0 Å². The first kappa shape index (κ1) is 29.6. The van der Waals surface area contributed by atoms with E-state index < -0.39 is 16.5 Å². The summed E-state index contributed by atoms with van der Waals surface area (Å²) >= 11 is 0. The zero-order valence-corrected chi connectivity index (χ0v) is 8.86. The van der Waals surface area contributed by atoms with Gasteiger partial charge in [0.25, 0.3) is 0 Å². The molecule has 0 atom stereocenters. The predicted molar refractivity (Wildman–Crippen MR) is 36.3 cm³/mol. The van der Waals surface area contributed by atoms with E-state index in [0.29, 0.717) is 0 Å². The Morgan fingerprint density at radius 2 is 0.818 bits per heavy atom. The SMILES string of the molecule is Br.O=[P+](O)O.O=[P+](O)O.[Li+].[OH-]. The molecule has 0 amide bonds. The molecule has 0 aliphatic carbocycles. The van der Waals surface area contributed by atoms with E-state index in [4.69, 9.17) is 28.7 Å². The van der Waals surface area contributed by atoms with Crippen LogP contribution >= 0.6 is 33.5 Å². The standard InChI is InChI=1S/BrH.Li.2HO3P.H2O/c;;2*1-4(2)3;/h1H;;2*(H-,1,2,3);1H2/q;+1;;;/p+1. The van der Waals surface area contributed by atoms with Crippen LogP contribution in [0.3, 0.4) is 0 Å². The molecule has 0 saturated heterocycles. The van der Waals surface area contributed by atoms with E-state index in [1.54, 1.807) is 0 Å². The molecule has 5 N–H and O–H groups in total. The Hall–Kier alpha value is 1.08. The molecule has 7 nitrogen and oxygen atoms in total. The van der Waals surface area contributed by atoms with E-state index in [-0.39, 0.29) is 41.3 Å². The average molecular weight is 267 g/mol. The van der Waals surface area contributed by atoms with Gasteiger partial charge in [0.1, 0.15) is 0 Å². The predicted octanol–water partition coefficient (Wildman–Crippen LogP) is -3.34. The minimum atomic E-state index is -2.87. The Morgan fingerprint density at radius 3 is 0.818 bits per heavy atom. The van der Waals surface area contributed by atoms with Crippen LogP contribution in [0.5, 0.6) is 0 Å². The molecule has 0 unspecified atom stereocenters. The maximum Gasteiger partial charge on any atom is 1.00 e. The minimum Gasteiger partial charge on any atom is -0.870 e. The maximum atomic E-state index is 8.70. The summed E-state index contributed by atoms with van der Waals surface area (Å²) in [6.45, 7) is 0. The zero-order valence-electron chi connectivity index (χ0n) is 5.36. The number of rotatable bonds is 0. The van der Waals surface area contributed by atoms with Crippen LogP contribution in [0.25, 0.3) is 0 Å². The van der Waals surface area contributed by atoms with Gasteiger partial charge in [0.2, 0.25) is 0 Å². The van der Waals surface area contributed by atoms with Crippen LogP contribution in [0, 0.1) is 0 Å².